The van der Waals surface area contributed by atoms with Crippen molar-refractivity contribution in [3.8, 4) is 5.69 Å². The Morgan fingerprint density at radius 3 is 2.55 bits per heavy atom. The summed E-state index contributed by atoms with van der Waals surface area (Å²) in [5.41, 5.74) is 2.74. The summed E-state index contributed by atoms with van der Waals surface area (Å²) in [4.78, 5) is 38.0. The topological polar surface area (TPSA) is 83.4 Å². The Balaban J connectivity index is 1.51. The number of hydrogen-bond donors (Lipinski definition) is 2. The van der Waals surface area contributed by atoms with Crippen molar-refractivity contribution in [2.24, 2.45) is 0 Å². The van der Waals surface area contributed by atoms with Crippen LogP contribution in [-0.2, 0) is 9.59 Å². The average Bonchev–Trinajstić information content (AvgIpc) is 3.30. The second kappa shape index (κ2) is 8.27. The van der Waals surface area contributed by atoms with Gasteiger partial charge in [-0.1, -0.05) is 29.8 Å². The Bertz CT molecular complexity index is 1200. The molecule has 2 heterocycles. The van der Waals surface area contributed by atoms with Crippen LogP contribution in [0.1, 0.15) is 11.3 Å². The highest BCUT2D eigenvalue weighted by atomic mass is 19.1. The fourth-order valence-electron chi connectivity index (χ4n) is 3.21. The SMILES string of the molecule is Cc1ccc(-n2cccc2/C=C2/NC(=O)N(CC(=O)Nc3ccccc3F)C2=O)cc1. The zero-order chi connectivity index (χ0) is 22.0. The molecular formula is C23H19FN4O3. The van der Waals surface area contributed by atoms with Crippen molar-refractivity contribution in [2.45, 2.75) is 6.92 Å². The van der Waals surface area contributed by atoms with Crippen molar-refractivity contribution in [3.05, 3.63) is 89.6 Å². The van der Waals surface area contributed by atoms with E-state index in [-0.39, 0.29) is 11.4 Å². The highest BCUT2D eigenvalue weighted by Gasteiger charge is 2.35. The fourth-order valence-corrected chi connectivity index (χ4v) is 3.21. The lowest BCUT2D eigenvalue weighted by Gasteiger charge is -2.12. The molecule has 8 heteroatoms. The molecule has 7 nitrogen and oxygen atoms in total. The predicted molar refractivity (Wildman–Crippen MR) is 114 cm³/mol. The van der Waals surface area contributed by atoms with Crippen LogP contribution in [0.5, 0.6) is 0 Å². The Morgan fingerprint density at radius 1 is 1.06 bits per heavy atom. The van der Waals surface area contributed by atoms with Gasteiger partial charge in [-0.05, 0) is 49.4 Å². The summed E-state index contributed by atoms with van der Waals surface area (Å²) in [6, 6.07) is 16.4. The molecule has 1 aliphatic heterocycles. The van der Waals surface area contributed by atoms with Gasteiger partial charge >= 0.3 is 6.03 Å². The van der Waals surface area contributed by atoms with Gasteiger partial charge in [0.2, 0.25) is 5.91 Å². The number of benzene rings is 2. The number of imide groups is 1. The van der Waals surface area contributed by atoms with E-state index < -0.39 is 30.2 Å². The first-order valence-corrected chi connectivity index (χ1v) is 9.56. The average molecular weight is 418 g/mol. The van der Waals surface area contributed by atoms with Crippen molar-refractivity contribution in [1.29, 1.82) is 0 Å². The number of nitrogens with zero attached hydrogens (tertiary/aromatic N) is 2. The highest BCUT2D eigenvalue weighted by Crippen LogP contribution is 2.19. The fraction of sp³-hybridized carbons (Fsp3) is 0.0870. The van der Waals surface area contributed by atoms with Crippen LogP contribution in [-0.4, -0.2) is 33.9 Å². The molecule has 1 aromatic heterocycles. The number of carbonyl (C=O) groups excluding carboxylic acids is 3. The molecule has 3 aromatic rings. The van der Waals surface area contributed by atoms with Crippen LogP contribution in [0.4, 0.5) is 14.9 Å². The van der Waals surface area contributed by atoms with E-state index in [9.17, 15) is 18.8 Å². The van der Waals surface area contributed by atoms with Crippen LogP contribution in [0.3, 0.4) is 0 Å². The molecule has 4 rings (SSSR count). The van der Waals surface area contributed by atoms with Crippen molar-refractivity contribution in [3.63, 3.8) is 0 Å². The van der Waals surface area contributed by atoms with Gasteiger partial charge in [0.15, 0.2) is 0 Å². The lowest BCUT2D eigenvalue weighted by Crippen LogP contribution is -2.38. The van der Waals surface area contributed by atoms with E-state index in [4.69, 9.17) is 0 Å². The van der Waals surface area contributed by atoms with Gasteiger partial charge in [0, 0.05) is 17.6 Å². The van der Waals surface area contributed by atoms with Crippen LogP contribution in [0.2, 0.25) is 0 Å². The van der Waals surface area contributed by atoms with E-state index in [2.05, 4.69) is 10.6 Å². The lowest BCUT2D eigenvalue weighted by atomic mass is 10.2. The number of carbonyl (C=O) groups is 3. The largest absolute Gasteiger partial charge is 0.329 e. The van der Waals surface area contributed by atoms with Crippen LogP contribution < -0.4 is 10.6 Å². The Labute approximate surface area is 177 Å². The zero-order valence-electron chi connectivity index (χ0n) is 16.6. The van der Waals surface area contributed by atoms with Crippen LogP contribution >= 0.6 is 0 Å². The number of hydrogen-bond acceptors (Lipinski definition) is 3. The highest BCUT2D eigenvalue weighted by molar-refractivity contribution is 6.15. The van der Waals surface area contributed by atoms with Crippen LogP contribution in [0.25, 0.3) is 11.8 Å². The molecule has 0 saturated carbocycles. The van der Waals surface area contributed by atoms with Gasteiger partial charge in [0.1, 0.15) is 18.1 Å². The first kappa shape index (κ1) is 20.1. The quantitative estimate of drug-likeness (QED) is 0.492. The first-order valence-electron chi connectivity index (χ1n) is 9.56. The molecule has 0 atom stereocenters. The maximum Gasteiger partial charge on any atom is 0.329 e. The van der Waals surface area contributed by atoms with Gasteiger partial charge in [0.25, 0.3) is 5.91 Å². The number of nitrogens with one attached hydrogen (secondary N) is 2. The molecule has 0 unspecified atom stereocenters. The van der Waals surface area contributed by atoms with Crippen molar-refractivity contribution in [2.75, 3.05) is 11.9 Å². The van der Waals surface area contributed by atoms with Crippen molar-refractivity contribution in [1.82, 2.24) is 14.8 Å². The molecule has 0 spiro atoms. The maximum atomic E-state index is 13.7. The summed E-state index contributed by atoms with van der Waals surface area (Å²) in [5, 5.41) is 4.85. The smallest absolute Gasteiger partial charge is 0.322 e. The number of aryl methyl sites for hydroxylation is 1. The predicted octanol–water partition coefficient (Wildman–Crippen LogP) is 3.46. The molecule has 1 fully saturated rings. The lowest BCUT2D eigenvalue weighted by molar-refractivity contribution is -0.127. The summed E-state index contributed by atoms with van der Waals surface area (Å²) >= 11 is 0. The Hall–Kier alpha value is -4.20. The molecule has 156 valence electrons. The molecule has 2 N–H and O–H groups in total. The molecule has 0 aliphatic carbocycles. The molecule has 2 aromatic carbocycles. The number of rotatable bonds is 5. The Morgan fingerprint density at radius 2 is 1.81 bits per heavy atom. The second-order valence-electron chi connectivity index (χ2n) is 7.05. The van der Waals surface area contributed by atoms with Gasteiger partial charge in [-0.2, -0.15) is 0 Å². The minimum atomic E-state index is -0.714. The normalized spacial score (nSPS) is 14.8. The second-order valence-corrected chi connectivity index (χ2v) is 7.05. The molecule has 1 saturated heterocycles. The Kier molecular flexibility index (Phi) is 5.36. The zero-order valence-corrected chi connectivity index (χ0v) is 16.6. The summed E-state index contributed by atoms with van der Waals surface area (Å²) < 4.78 is 15.6. The summed E-state index contributed by atoms with van der Waals surface area (Å²) in [6.45, 7) is 1.46. The van der Waals surface area contributed by atoms with E-state index in [1.807, 2.05) is 48.0 Å². The van der Waals surface area contributed by atoms with Crippen molar-refractivity contribution >= 4 is 29.6 Å². The number of para-hydroxylation sites is 1. The van der Waals surface area contributed by atoms with Crippen molar-refractivity contribution < 1.29 is 18.8 Å². The minimum Gasteiger partial charge on any atom is -0.322 e. The molecule has 31 heavy (non-hydrogen) atoms. The van der Waals surface area contributed by atoms with E-state index in [1.54, 1.807) is 18.2 Å². The third-order valence-electron chi connectivity index (χ3n) is 4.80. The van der Waals surface area contributed by atoms with Gasteiger partial charge in [-0.25, -0.2) is 14.1 Å². The van der Waals surface area contributed by atoms with Gasteiger partial charge in [0.05, 0.1) is 5.69 Å². The number of aromatic nitrogens is 1. The molecule has 0 radical (unpaired) electrons. The first-order chi connectivity index (χ1) is 14.9. The van der Waals surface area contributed by atoms with E-state index in [0.29, 0.717) is 5.69 Å². The third-order valence-corrected chi connectivity index (χ3v) is 4.80. The maximum absolute atomic E-state index is 13.7. The molecule has 0 bridgehead atoms. The van der Waals surface area contributed by atoms with E-state index in [0.717, 1.165) is 16.2 Å². The van der Waals surface area contributed by atoms with Gasteiger partial charge in [-0.15, -0.1) is 0 Å². The number of anilines is 1. The molecule has 4 amide bonds. The van der Waals surface area contributed by atoms with E-state index >= 15 is 0 Å². The molecule has 1 aliphatic rings. The molecular weight excluding hydrogens is 399 g/mol. The van der Waals surface area contributed by atoms with Gasteiger partial charge in [-0.3, -0.25) is 9.59 Å². The summed E-state index contributed by atoms with van der Waals surface area (Å²) in [6.07, 6.45) is 3.40. The minimum absolute atomic E-state index is 0.0220. The van der Waals surface area contributed by atoms with Crippen LogP contribution in [0, 0.1) is 12.7 Å². The van der Waals surface area contributed by atoms with E-state index in [1.165, 1.54) is 18.2 Å². The number of urea groups is 1. The summed E-state index contributed by atoms with van der Waals surface area (Å²) in [5.74, 6) is -1.92. The third kappa shape index (κ3) is 4.23. The number of halogens is 1. The number of amides is 4. The van der Waals surface area contributed by atoms with Gasteiger partial charge < -0.3 is 15.2 Å². The summed E-state index contributed by atoms with van der Waals surface area (Å²) in [7, 11) is 0. The van der Waals surface area contributed by atoms with Crippen LogP contribution in [0.15, 0.2) is 72.6 Å². The monoisotopic (exact) mass is 418 g/mol. The standard InChI is InChI=1S/C23H19FN4O3/c1-15-8-10-16(11-9-15)27-12-4-5-17(27)13-20-22(30)28(23(31)26-20)14-21(29)25-19-7-3-2-6-18(19)24/h2-13H,14H2,1H3,(H,25,29)(H,26,31)/b20-13+.